The van der Waals surface area contributed by atoms with E-state index in [2.05, 4.69) is 4.74 Å². The summed E-state index contributed by atoms with van der Waals surface area (Å²) in [5.41, 5.74) is 0. The molecule has 0 fully saturated rings. The van der Waals surface area contributed by atoms with Crippen LogP contribution in [0.2, 0.25) is 0 Å². The van der Waals surface area contributed by atoms with Crippen molar-refractivity contribution < 1.29 is 14.3 Å². The number of carbonyl (C=O) groups is 2. The van der Waals surface area contributed by atoms with Crippen molar-refractivity contribution in [1.82, 2.24) is 5.32 Å². The summed E-state index contributed by atoms with van der Waals surface area (Å²) in [6.07, 6.45) is 0.217. The number of carbonyl (C=O) groups excluding carboxylic acids is 2. The van der Waals surface area contributed by atoms with Gasteiger partial charge in [0, 0.05) is 12.8 Å². The Kier molecular flexibility index (Phi) is 6.24. The van der Waals surface area contributed by atoms with Crippen LogP contribution in [0.3, 0.4) is 0 Å². The maximum Gasteiger partial charge on any atom is 0.413 e. The Labute approximate surface area is 76.7 Å². The first-order chi connectivity index (χ1) is 6.20. The molecule has 2 amide bonds. The highest BCUT2D eigenvalue weighted by Crippen LogP contribution is 1.93. The van der Waals surface area contributed by atoms with Crippen LogP contribution in [-0.4, -0.2) is 18.6 Å². The van der Waals surface area contributed by atoms with E-state index in [1.807, 2.05) is 11.4 Å². The predicted octanol–water partition coefficient (Wildman–Crippen LogP) is 0.953. The van der Waals surface area contributed by atoms with Crippen molar-refractivity contribution in [3.05, 3.63) is 0 Å². The topological polar surface area (TPSA) is 79.2 Å². The molecule has 5 nitrogen and oxygen atoms in total. The van der Waals surface area contributed by atoms with Gasteiger partial charge in [0.1, 0.15) is 0 Å². The molecule has 0 aliphatic heterocycles. The highest BCUT2D eigenvalue weighted by atomic mass is 16.5. The molecule has 0 atom stereocenters. The first-order valence-corrected chi connectivity index (χ1v) is 4.04. The number of rotatable bonds is 4. The van der Waals surface area contributed by atoms with E-state index in [4.69, 9.17) is 5.26 Å². The zero-order valence-corrected chi connectivity index (χ0v) is 7.50. The van der Waals surface area contributed by atoms with Crippen molar-refractivity contribution in [2.75, 3.05) is 6.61 Å². The second-order valence-electron chi connectivity index (χ2n) is 2.28. The van der Waals surface area contributed by atoms with Crippen LogP contribution in [0.4, 0.5) is 4.79 Å². The lowest BCUT2D eigenvalue weighted by molar-refractivity contribution is -0.120. The first kappa shape index (κ1) is 11.4. The molecule has 0 aliphatic carbocycles. The van der Waals surface area contributed by atoms with Crippen LogP contribution in [0.1, 0.15) is 26.2 Å². The average molecular weight is 184 g/mol. The van der Waals surface area contributed by atoms with Crippen LogP contribution in [-0.2, 0) is 9.53 Å². The normalized spacial score (nSPS) is 8.62. The van der Waals surface area contributed by atoms with E-state index >= 15 is 0 Å². The van der Waals surface area contributed by atoms with Gasteiger partial charge in [-0.15, -0.1) is 0 Å². The van der Waals surface area contributed by atoms with Gasteiger partial charge in [-0.3, -0.25) is 10.1 Å². The summed E-state index contributed by atoms with van der Waals surface area (Å²) in [5.74, 6) is -0.409. The molecular weight excluding hydrogens is 172 g/mol. The highest BCUT2D eigenvalue weighted by Gasteiger charge is 2.06. The molecule has 0 saturated carbocycles. The lowest BCUT2D eigenvalue weighted by atomic mass is 10.2. The predicted molar refractivity (Wildman–Crippen MR) is 44.6 cm³/mol. The Morgan fingerprint density at radius 1 is 1.54 bits per heavy atom. The average Bonchev–Trinajstić information content (AvgIpc) is 2.05. The number of hydrogen-bond donors (Lipinski definition) is 1. The van der Waals surface area contributed by atoms with E-state index in [9.17, 15) is 9.59 Å². The molecular formula is C8H12N2O3. The molecule has 0 aromatic rings. The number of hydrogen-bond acceptors (Lipinski definition) is 4. The monoisotopic (exact) mass is 184 g/mol. The fraction of sp³-hybridized carbons (Fsp3) is 0.625. The quantitative estimate of drug-likeness (QED) is 0.660. The Bertz CT molecular complexity index is 220. The van der Waals surface area contributed by atoms with Gasteiger partial charge in [0.2, 0.25) is 5.91 Å². The van der Waals surface area contributed by atoms with Gasteiger partial charge < -0.3 is 4.74 Å². The first-order valence-electron chi connectivity index (χ1n) is 4.04. The Hall–Kier alpha value is -1.57. The van der Waals surface area contributed by atoms with E-state index in [1.54, 1.807) is 6.92 Å². The molecule has 0 heterocycles. The van der Waals surface area contributed by atoms with Crippen molar-refractivity contribution in [1.29, 1.82) is 5.26 Å². The summed E-state index contributed by atoms with van der Waals surface area (Å²) < 4.78 is 4.48. The third-order valence-electron chi connectivity index (χ3n) is 1.21. The number of amides is 2. The number of alkyl carbamates (subject to hydrolysis) is 1. The fourth-order valence-corrected chi connectivity index (χ4v) is 0.672. The van der Waals surface area contributed by atoms with Gasteiger partial charge >= 0.3 is 6.09 Å². The summed E-state index contributed by atoms with van der Waals surface area (Å²) in [5, 5.41) is 10.2. The molecule has 72 valence electrons. The summed E-state index contributed by atoms with van der Waals surface area (Å²) in [4.78, 5) is 21.5. The van der Waals surface area contributed by atoms with E-state index < -0.39 is 12.0 Å². The van der Waals surface area contributed by atoms with Gasteiger partial charge in [0.05, 0.1) is 12.7 Å². The number of imide groups is 1. The lowest BCUT2D eigenvalue weighted by Gasteiger charge is -2.02. The zero-order chi connectivity index (χ0) is 10.1. The van der Waals surface area contributed by atoms with Crippen molar-refractivity contribution in [3.63, 3.8) is 0 Å². The number of ether oxygens (including phenoxy) is 1. The van der Waals surface area contributed by atoms with Crippen molar-refractivity contribution >= 4 is 12.0 Å². The van der Waals surface area contributed by atoms with Gasteiger partial charge in [0.15, 0.2) is 0 Å². The minimum atomic E-state index is -0.732. The van der Waals surface area contributed by atoms with Crippen molar-refractivity contribution in [2.45, 2.75) is 26.2 Å². The second kappa shape index (κ2) is 7.10. The summed E-state index contributed by atoms with van der Waals surface area (Å²) in [7, 11) is 0. The van der Waals surface area contributed by atoms with Gasteiger partial charge in [-0.25, -0.2) is 4.79 Å². The van der Waals surface area contributed by atoms with E-state index in [-0.39, 0.29) is 13.0 Å². The maximum absolute atomic E-state index is 10.9. The molecule has 0 aromatic carbocycles. The SMILES string of the molecule is CCOC(=O)NC(=O)CCCC#N. The van der Waals surface area contributed by atoms with E-state index in [0.717, 1.165) is 0 Å². The van der Waals surface area contributed by atoms with Crippen LogP contribution in [0, 0.1) is 11.3 Å². The summed E-state index contributed by atoms with van der Waals surface area (Å²) >= 11 is 0. The fourth-order valence-electron chi connectivity index (χ4n) is 0.672. The van der Waals surface area contributed by atoms with E-state index in [0.29, 0.717) is 12.8 Å². The number of nitrogens with one attached hydrogen (secondary N) is 1. The molecule has 0 saturated heterocycles. The van der Waals surface area contributed by atoms with Crippen LogP contribution in [0.15, 0.2) is 0 Å². The molecule has 0 bridgehead atoms. The molecule has 0 spiro atoms. The Morgan fingerprint density at radius 2 is 2.23 bits per heavy atom. The third-order valence-corrected chi connectivity index (χ3v) is 1.21. The largest absolute Gasteiger partial charge is 0.450 e. The van der Waals surface area contributed by atoms with Crippen molar-refractivity contribution in [3.8, 4) is 6.07 Å². The molecule has 0 aliphatic rings. The molecule has 1 N–H and O–H groups in total. The number of nitrogens with zero attached hydrogens (tertiary/aromatic N) is 1. The van der Waals surface area contributed by atoms with Gasteiger partial charge in [-0.2, -0.15) is 5.26 Å². The van der Waals surface area contributed by atoms with Gasteiger partial charge in [0.25, 0.3) is 0 Å². The van der Waals surface area contributed by atoms with Crippen LogP contribution in [0.5, 0.6) is 0 Å². The number of unbranched alkanes of at least 4 members (excludes halogenated alkanes) is 1. The zero-order valence-electron chi connectivity index (χ0n) is 7.50. The Morgan fingerprint density at radius 3 is 2.77 bits per heavy atom. The second-order valence-corrected chi connectivity index (χ2v) is 2.28. The summed E-state index contributed by atoms with van der Waals surface area (Å²) in [6.45, 7) is 1.89. The smallest absolute Gasteiger partial charge is 0.413 e. The van der Waals surface area contributed by atoms with Crippen LogP contribution >= 0.6 is 0 Å². The number of nitriles is 1. The molecule has 0 radical (unpaired) electrons. The molecule has 5 heteroatoms. The lowest BCUT2D eigenvalue weighted by Crippen LogP contribution is -2.30. The Balaban J connectivity index is 3.51. The molecule has 13 heavy (non-hydrogen) atoms. The van der Waals surface area contributed by atoms with Crippen molar-refractivity contribution in [2.24, 2.45) is 0 Å². The van der Waals surface area contributed by atoms with Crippen LogP contribution < -0.4 is 5.32 Å². The standard InChI is InChI=1S/C8H12N2O3/c1-2-13-8(12)10-7(11)5-3-4-6-9/h2-5H2,1H3,(H,10,11,12). The maximum atomic E-state index is 10.9. The van der Waals surface area contributed by atoms with Crippen LogP contribution in [0.25, 0.3) is 0 Å². The van der Waals surface area contributed by atoms with E-state index in [1.165, 1.54) is 0 Å². The minimum absolute atomic E-state index is 0.173. The summed E-state index contributed by atoms with van der Waals surface area (Å²) in [6, 6.07) is 1.91. The van der Waals surface area contributed by atoms with Gasteiger partial charge in [-0.05, 0) is 13.3 Å². The third kappa shape index (κ3) is 6.81. The highest BCUT2D eigenvalue weighted by molar-refractivity contribution is 5.91. The molecule has 0 aromatic heterocycles. The van der Waals surface area contributed by atoms with Gasteiger partial charge in [-0.1, -0.05) is 0 Å². The molecule has 0 rings (SSSR count). The molecule has 0 unspecified atom stereocenters. The minimum Gasteiger partial charge on any atom is -0.450 e.